The van der Waals surface area contributed by atoms with Crippen LogP contribution in [-0.4, -0.2) is 14.6 Å². The van der Waals surface area contributed by atoms with Gasteiger partial charge in [0, 0.05) is 11.3 Å². The monoisotopic (exact) mass is 376 g/mol. The number of nitrogens with zero attached hydrogens (tertiary/aromatic N) is 3. The highest BCUT2D eigenvalue weighted by Gasteiger charge is 2.18. The molecule has 0 bridgehead atoms. The number of benzene rings is 1. The molecule has 3 rings (SSSR count). The SMILES string of the molecule is Cc1[nH]n2c(-c3ccccc3)c(C#N)nc2c(=O)c1I. The highest BCUT2D eigenvalue weighted by atomic mass is 127. The van der Waals surface area contributed by atoms with Gasteiger partial charge in [0.25, 0.3) is 0 Å². The molecule has 98 valence electrons. The number of hydrogen-bond donors (Lipinski definition) is 1. The van der Waals surface area contributed by atoms with Crippen molar-refractivity contribution in [2.45, 2.75) is 6.92 Å². The third kappa shape index (κ3) is 1.82. The van der Waals surface area contributed by atoms with Crippen LogP contribution in [0.1, 0.15) is 11.4 Å². The van der Waals surface area contributed by atoms with Crippen molar-refractivity contribution in [3.63, 3.8) is 0 Å². The minimum Gasteiger partial charge on any atom is -0.295 e. The number of H-pyrrole nitrogens is 1. The van der Waals surface area contributed by atoms with Crippen LogP contribution in [0.2, 0.25) is 0 Å². The number of nitrogens with one attached hydrogen (secondary N) is 1. The summed E-state index contributed by atoms with van der Waals surface area (Å²) in [5.74, 6) is 0. The summed E-state index contributed by atoms with van der Waals surface area (Å²) >= 11 is 1.98. The normalized spacial score (nSPS) is 10.7. The Morgan fingerprint density at radius 3 is 2.70 bits per heavy atom. The van der Waals surface area contributed by atoms with Gasteiger partial charge in [0.2, 0.25) is 11.1 Å². The molecule has 0 spiro atoms. The van der Waals surface area contributed by atoms with E-state index >= 15 is 0 Å². The predicted octanol–water partition coefficient (Wildman–Crippen LogP) is 2.47. The van der Waals surface area contributed by atoms with Gasteiger partial charge in [-0.2, -0.15) is 5.26 Å². The van der Waals surface area contributed by atoms with E-state index in [1.807, 2.05) is 59.8 Å². The van der Waals surface area contributed by atoms with Crippen LogP contribution in [0, 0.1) is 21.8 Å². The Labute approximate surface area is 128 Å². The van der Waals surface area contributed by atoms with Crippen molar-refractivity contribution in [3.05, 3.63) is 55.5 Å². The summed E-state index contributed by atoms with van der Waals surface area (Å²) in [6, 6.07) is 11.5. The Morgan fingerprint density at radius 2 is 2.05 bits per heavy atom. The summed E-state index contributed by atoms with van der Waals surface area (Å²) < 4.78 is 2.18. The van der Waals surface area contributed by atoms with Crippen LogP contribution in [0.5, 0.6) is 0 Å². The molecule has 2 heterocycles. The lowest BCUT2D eigenvalue weighted by Crippen LogP contribution is -2.14. The number of nitriles is 1. The van der Waals surface area contributed by atoms with E-state index in [0.29, 0.717) is 9.26 Å². The Balaban J connectivity index is 2.49. The van der Waals surface area contributed by atoms with Crippen LogP contribution in [-0.2, 0) is 0 Å². The molecule has 0 aliphatic heterocycles. The highest BCUT2D eigenvalue weighted by Crippen LogP contribution is 2.23. The van der Waals surface area contributed by atoms with Crippen molar-refractivity contribution < 1.29 is 0 Å². The molecule has 0 aliphatic carbocycles. The van der Waals surface area contributed by atoms with Crippen LogP contribution in [0.4, 0.5) is 0 Å². The van der Waals surface area contributed by atoms with E-state index in [2.05, 4.69) is 16.2 Å². The van der Waals surface area contributed by atoms with Gasteiger partial charge in [-0.3, -0.25) is 9.89 Å². The smallest absolute Gasteiger partial charge is 0.238 e. The second-order valence-electron chi connectivity index (χ2n) is 4.33. The topological polar surface area (TPSA) is 73.9 Å². The van der Waals surface area contributed by atoms with Crippen LogP contribution >= 0.6 is 22.6 Å². The average molecular weight is 376 g/mol. The van der Waals surface area contributed by atoms with E-state index in [9.17, 15) is 10.1 Å². The first kappa shape index (κ1) is 12.9. The van der Waals surface area contributed by atoms with Gasteiger partial charge in [0.05, 0.1) is 3.57 Å². The molecule has 20 heavy (non-hydrogen) atoms. The molecule has 0 atom stereocenters. The molecular formula is C14H9IN4O. The van der Waals surface area contributed by atoms with Gasteiger partial charge in [-0.15, -0.1) is 0 Å². The maximum Gasteiger partial charge on any atom is 0.238 e. The highest BCUT2D eigenvalue weighted by molar-refractivity contribution is 14.1. The summed E-state index contributed by atoms with van der Waals surface area (Å²) in [6.07, 6.45) is 0. The lowest BCUT2D eigenvalue weighted by atomic mass is 10.1. The third-order valence-electron chi connectivity index (χ3n) is 3.04. The van der Waals surface area contributed by atoms with Gasteiger partial charge in [-0.1, -0.05) is 30.3 Å². The Kier molecular flexibility index (Phi) is 3.06. The van der Waals surface area contributed by atoms with Crippen molar-refractivity contribution in [2.75, 3.05) is 0 Å². The van der Waals surface area contributed by atoms with E-state index < -0.39 is 0 Å². The van der Waals surface area contributed by atoms with Gasteiger partial charge in [0.15, 0.2) is 5.69 Å². The second kappa shape index (κ2) is 4.76. The minimum atomic E-state index is -0.166. The van der Waals surface area contributed by atoms with Crippen molar-refractivity contribution in [1.29, 1.82) is 5.26 Å². The average Bonchev–Trinajstić information content (AvgIpc) is 2.84. The molecule has 0 saturated carbocycles. The van der Waals surface area contributed by atoms with Crippen molar-refractivity contribution in [2.24, 2.45) is 0 Å². The van der Waals surface area contributed by atoms with E-state index in [1.54, 1.807) is 4.52 Å². The Hall–Kier alpha value is -2.14. The Bertz CT molecular complexity index is 903. The first-order valence-electron chi connectivity index (χ1n) is 5.90. The largest absolute Gasteiger partial charge is 0.295 e. The van der Waals surface area contributed by atoms with Gasteiger partial charge >= 0.3 is 0 Å². The molecule has 0 amide bonds. The van der Waals surface area contributed by atoms with E-state index in [1.165, 1.54) is 0 Å². The minimum absolute atomic E-state index is 0.166. The van der Waals surface area contributed by atoms with Crippen LogP contribution in [0.3, 0.4) is 0 Å². The molecule has 0 aliphatic rings. The fourth-order valence-electron chi connectivity index (χ4n) is 2.11. The molecule has 0 fully saturated rings. The zero-order valence-electron chi connectivity index (χ0n) is 10.5. The number of aryl methyl sites for hydroxylation is 1. The number of aromatic nitrogens is 3. The number of imidazole rings is 1. The van der Waals surface area contributed by atoms with Crippen molar-refractivity contribution in [1.82, 2.24) is 14.6 Å². The molecule has 0 saturated heterocycles. The quantitative estimate of drug-likeness (QED) is 0.664. The molecule has 5 nitrogen and oxygen atoms in total. The second-order valence-corrected chi connectivity index (χ2v) is 5.40. The summed E-state index contributed by atoms with van der Waals surface area (Å²) in [4.78, 5) is 16.4. The molecule has 1 N–H and O–H groups in total. The summed E-state index contributed by atoms with van der Waals surface area (Å²) in [7, 11) is 0. The van der Waals surface area contributed by atoms with Crippen LogP contribution in [0.25, 0.3) is 16.9 Å². The summed E-state index contributed by atoms with van der Waals surface area (Å²) in [5, 5.41) is 12.4. The molecule has 1 aromatic carbocycles. The molecular weight excluding hydrogens is 367 g/mol. The van der Waals surface area contributed by atoms with Gasteiger partial charge in [0.1, 0.15) is 11.8 Å². The maximum absolute atomic E-state index is 12.2. The van der Waals surface area contributed by atoms with Gasteiger partial charge in [-0.05, 0) is 29.5 Å². The molecule has 0 radical (unpaired) electrons. The van der Waals surface area contributed by atoms with Gasteiger partial charge < -0.3 is 0 Å². The number of hydrogen-bond acceptors (Lipinski definition) is 3. The lowest BCUT2D eigenvalue weighted by molar-refractivity contribution is 0.891. The first-order valence-corrected chi connectivity index (χ1v) is 6.97. The van der Waals surface area contributed by atoms with Crippen LogP contribution < -0.4 is 5.43 Å². The van der Waals surface area contributed by atoms with E-state index in [0.717, 1.165) is 11.3 Å². The predicted molar refractivity (Wildman–Crippen MR) is 83.4 cm³/mol. The maximum atomic E-state index is 12.2. The molecule has 6 heteroatoms. The standard InChI is InChI=1S/C14H9IN4O/c1-8-11(15)13(20)14-17-10(7-16)12(19(14)18-8)9-5-3-2-4-6-9/h2-6,18H,1H3. The van der Waals surface area contributed by atoms with E-state index in [-0.39, 0.29) is 16.8 Å². The van der Waals surface area contributed by atoms with Gasteiger partial charge in [-0.25, -0.2) is 9.50 Å². The van der Waals surface area contributed by atoms with Crippen molar-refractivity contribution in [3.8, 4) is 17.3 Å². The summed E-state index contributed by atoms with van der Waals surface area (Å²) in [6.45, 7) is 1.82. The van der Waals surface area contributed by atoms with E-state index in [4.69, 9.17) is 0 Å². The molecule has 2 aromatic heterocycles. The summed E-state index contributed by atoms with van der Waals surface area (Å²) in [5.41, 5.74) is 2.52. The third-order valence-corrected chi connectivity index (χ3v) is 4.34. The number of aromatic amines is 1. The zero-order valence-corrected chi connectivity index (χ0v) is 12.7. The van der Waals surface area contributed by atoms with Crippen LogP contribution in [0.15, 0.2) is 35.1 Å². The fraction of sp³-hybridized carbons (Fsp3) is 0.0714. The lowest BCUT2D eigenvalue weighted by Gasteiger charge is -2.05. The zero-order chi connectivity index (χ0) is 14.3. The number of rotatable bonds is 1. The van der Waals surface area contributed by atoms with Crippen molar-refractivity contribution >= 4 is 28.2 Å². The number of fused-ring (bicyclic) bond motifs is 1. The first-order chi connectivity index (χ1) is 9.63. The fourth-order valence-corrected chi connectivity index (χ4v) is 2.47. The number of halogens is 1. The Morgan fingerprint density at radius 1 is 1.35 bits per heavy atom. The molecule has 0 unspecified atom stereocenters. The molecule has 3 aromatic rings.